The fourth-order valence-corrected chi connectivity index (χ4v) is 4.37. The minimum absolute atomic E-state index is 0.00105. The van der Waals surface area contributed by atoms with Gasteiger partial charge in [-0.3, -0.25) is 0 Å². The summed E-state index contributed by atoms with van der Waals surface area (Å²) in [5, 5.41) is 12.3. The average molecular weight is 394 g/mol. The highest BCUT2D eigenvalue weighted by Gasteiger charge is 2.29. The van der Waals surface area contributed by atoms with Gasteiger partial charge in [0.2, 0.25) is 0 Å². The summed E-state index contributed by atoms with van der Waals surface area (Å²) in [4.78, 5) is 27.6. The Kier molecular flexibility index (Phi) is 4.83. The molecule has 3 aromatic rings. The van der Waals surface area contributed by atoms with Crippen LogP contribution in [0.15, 0.2) is 48.5 Å². The Labute approximate surface area is 165 Å². The zero-order valence-corrected chi connectivity index (χ0v) is 16.0. The van der Waals surface area contributed by atoms with E-state index in [2.05, 4.69) is 34.6 Å². The molecule has 0 bridgehead atoms. The SMILES string of the molecule is Cc1nc(CNC(=O)OCC2c3ccccc3-c3ccccc32)sc1C(=O)O. The summed E-state index contributed by atoms with van der Waals surface area (Å²) in [7, 11) is 0. The Morgan fingerprint density at radius 1 is 1.11 bits per heavy atom. The molecule has 142 valence electrons. The van der Waals surface area contributed by atoms with Gasteiger partial charge in [-0.05, 0) is 29.2 Å². The number of carbonyl (C=O) groups excluding carboxylic acids is 1. The summed E-state index contributed by atoms with van der Waals surface area (Å²) >= 11 is 1.05. The number of ether oxygens (including phenoxy) is 1. The van der Waals surface area contributed by atoms with E-state index in [0.29, 0.717) is 10.7 Å². The van der Waals surface area contributed by atoms with Crippen LogP contribution < -0.4 is 5.32 Å². The number of carboxylic acid groups (broad SMARTS) is 1. The van der Waals surface area contributed by atoms with E-state index in [0.717, 1.165) is 22.5 Å². The number of nitrogens with zero attached hydrogens (tertiary/aromatic N) is 1. The van der Waals surface area contributed by atoms with Crippen molar-refractivity contribution >= 4 is 23.4 Å². The zero-order valence-electron chi connectivity index (χ0n) is 15.1. The van der Waals surface area contributed by atoms with Gasteiger partial charge in [0.15, 0.2) is 0 Å². The second-order valence-electron chi connectivity index (χ2n) is 6.51. The summed E-state index contributed by atoms with van der Waals surface area (Å²) in [6.07, 6.45) is -0.549. The van der Waals surface area contributed by atoms with Crippen LogP contribution in [0, 0.1) is 6.92 Å². The normalized spacial score (nSPS) is 12.3. The molecule has 0 aliphatic heterocycles. The van der Waals surface area contributed by atoms with Crippen molar-refractivity contribution in [3.63, 3.8) is 0 Å². The first-order valence-electron chi connectivity index (χ1n) is 8.83. The van der Waals surface area contributed by atoms with Gasteiger partial charge < -0.3 is 15.2 Å². The molecule has 4 rings (SSSR count). The van der Waals surface area contributed by atoms with Crippen LogP contribution in [0.1, 0.15) is 37.4 Å². The predicted molar refractivity (Wildman–Crippen MR) is 106 cm³/mol. The first-order chi connectivity index (χ1) is 13.5. The van der Waals surface area contributed by atoms with Gasteiger partial charge in [0.25, 0.3) is 0 Å². The van der Waals surface area contributed by atoms with Crippen LogP contribution in [0.3, 0.4) is 0 Å². The average Bonchev–Trinajstić information content (AvgIpc) is 3.23. The number of fused-ring (bicyclic) bond motifs is 3. The minimum Gasteiger partial charge on any atom is -0.477 e. The lowest BCUT2D eigenvalue weighted by Gasteiger charge is -2.14. The van der Waals surface area contributed by atoms with Crippen molar-refractivity contribution in [1.29, 1.82) is 0 Å². The maximum atomic E-state index is 12.1. The number of aryl methyl sites for hydroxylation is 1. The highest BCUT2D eigenvalue weighted by Crippen LogP contribution is 2.44. The molecule has 2 N–H and O–H groups in total. The maximum Gasteiger partial charge on any atom is 0.407 e. The third-order valence-electron chi connectivity index (χ3n) is 4.76. The first kappa shape index (κ1) is 18.2. The van der Waals surface area contributed by atoms with Crippen molar-refractivity contribution in [3.8, 4) is 11.1 Å². The van der Waals surface area contributed by atoms with Gasteiger partial charge in [-0.15, -0.1) is 11.3 Å². The third kappa shape index (κ3) is 3.36. The Balaban J connectivity index is 1.40. The number of thiazole rings is 1. The highest BCUT2D eigenvalue weighted by molar-refractivity contribution is 7.13. The molecule has 0 saturated heterocycles. The summed E-state index contributed by atoms with van der Waals surface area (Å²) in [5.74, 6) is -1.01. The number of alkyl carbamates (subject to hydrolysis) is 1. The number of amides is 1. The second-order valence-corrected chi connectivity index (χ2v) is 7.59. The van der Waals surface area contributed by atoms with Crippen molar-refractivity contribution in [2.75, 3.05) is 6.61 Å². The van der Waals surface area contributed by atoms with Crippen molar-refractivity contribution in [2.45, 2.75) is 19.4 Å². The van der Waals surface area contributed by atoms with Gasteiger partial charge in [0.05, 0.1) is 12.2 Å². The molecule has 0 spiro atoms. The van der Waals surface area contributed by atoms with Crippen molar-refractivity contribution in [2.24, 2.45) is 0 Å². The molecular formula is C21H18N2O4S. The topological polar surface area (TPSA) is 88.5 Å². The molecule has 1 aliphatic carbocycles. The summed E-state index contributed by atoms with van der Waals surface area (Å²) in [5.41, 5.74) is 5.09. The molecule has 1 amide bonds. The number of rotatable bonds is 5. The quantitative estimate of drug-likeness (QED) is 0.677. The number of benzene rings is 2. The van der Waals surface area contributed by atoms with Crippen LogP contribution >= 0.6 is 11.3 Å². The van der Waals surface area contributed by atoms with Crippen molar-refractivity contribution in [3.05, 3.63) is 75.2 Å². The maximum absolute atomic E-state index is 12.1. The molecule has 0 unspecified atom stereocenters. The van der Waals surface area contributed by atoms with Gasteiger partial charge in [0, 0.05) is 5.92 Å². The summed E-state index contributed by atoms with van der Waals surface area (Å²) in [6.45, 7) is 2.00. The lowest BCUT2D eigenvalue weighted by molar-refractivity contribution is 0.0701. The van der Waals surface area contributed by atoms with Gasteiger partial charge in [-0.2, -0.15) is 0 Å². The lowest BCUT2D eigenvalue weighted by Crippen LogP contribution is -2.25. The van der Waals surface area contributed by atoms with E-state index in [-0.39, 0.29) is 23.9 Å². The Bertz CT molecular complexity index is 1010. The number of carboxylic acids is 1. The fourth-order valence-electron chi connectivity index (χ4n) is 3.52. The van der Waals surface area contributed by atoms with Crippen LogP contribution in [0.4, 0.5) is 4.79 Å². The number of aromatic carboxylic acids is 1. The molecule has 1 aromatic heterocycles. The molecule has 1 heterocycles. The van der Waals surface area contributed by atoms with Crippen molar-refractivity contribution in [1.82, 2.24) is 10.3 Å². The zero-order chi connectivity index (χ0) is 19.7. The first-order valence-corrected chi connectivity index (χ1v) is 9.64. The van der Waals surface area contributed by atoms with E-state index in [9.17, 15) is 9.59 Å². The van der Waals surface area contributed by atoms with E-state index in [1.54, 1.807) is 6.92 Å². The Morgan fingerprint density at radius 2 is 1.71 bits per heavy atom. The van der Waals surface area contributed by atoms with E-state index >= 15 is 0 Å². The standard InChI is InChI=1S/C21H18N2O4S/c1-12-19(20(24)25)28-18(23-12)10-22-21(26)27-11-17-15-8-4-2-6-13(15)14-7-3-5-9-16(14)17/h2-9,17H,10-11H2,1H3,(H,22,26)(H,24,25). The fraction of sp³-hybridized carbons (Fsp3) is 0.190. The molecule has 0 saturated carbocycles. The lowest BCUT2D eigenvalue weighted by atomic mass is 9.98. The van der Waals surface area contributed by atoms with Gasteiger partial charge in [0.1, 0.15) is 16.5 Å². The third-order valence-corrected chi connectivity index (χ3v) is 5.91. The monoisotopic (exact) mass is 394 g/mol. The van der Waals surface area contributed by atoms with E-state index in [1.807, 2.05) is 24.3 Å². The summed E-state index contributed by atoms with van der Waals surface area (Å²) in [6, 6.07) is 16.3. The number of hydrogen-bond acceptors (Lipinski definition) is 5. The molecule has 7 heteroatoms. The van der Waals surface area contributed by atoms with E-state index < -0.39 is 12.1 Å². The van der Waals surface area contributed by atoms with E-state index in [1.165, 1.54) is 11.1 Å². The second kappa shape index (κ2) is 7.44. The summed E-state index contributed by atoms with van der Waals surface area (Å²) < 4.78 is 5.46. The predicted octanol–water partition coefficient (Wildman–Crippen LogP) is 4.19. The smallest absolute Gasteiger partial charge is 0.407 e. The van der Waals surface area contributed by atoms with E-state index in [4.69, 9.17) is 9.84 Å². The Morgan fingerprint density at radius 3 is 2.29 bits per heavy atom. The van der Waals surface area contributed by atoms with Crippen LogP contribution in [-0.2, 0) is 11.3 Å². The molecular weight excluding hydrogens is 376 g/mol. The van der Waals surface area contributed by atoms with Crippen LogP contribution in [0.25, 0.3) is 11.1 Å². The molecule has 1 aliphatic rings. The van der Waals surface area contributed by atoms with Crippen LogP contribution in [0.2, 0.25) is 0 Å². The molecule has 0 radical (unpaired) electrons. The highest BCUT2D eigenvalue weighted by atomic mass is 32.1. The van der Waals surface area contributed by atoms with Gasteiger partial charge in [-0.25, -0.2) is 14.6 Å². The number of hydrogen-bond donors (Lipinski definition) is 2. The van der Waals surface area contributed by atoms with Crippen molar-refractivity contribution < 1.29 is 19.4 Å². The number of aromatic nitrogens is 1. The van der Waals surface area contributed by atoms with Gasteiger partial charge >= 0.3 is 12.1 Å². The number of nitrogens with one attached hydrogen (secondary N) is 1. The Hall–Kier alpha value is -3.19. The largest absolute Gasteiger partial charge is 0.477 e. The molecule has 0 atom stereocenters. The van der Waals surface area contributed by atoms with Gasteiger partial charge in [-0.1, -0.05) is 48.5 Å². The minimum atomic E-state index is -1.01. The number of carbonyl (C=O) groups is 2. The molecule has 0 fully saturated rings. The molecule has 6 nitrogen and oxygen atoms in total. The molecule has 28 heavy (non-hydrogen) atoms. The van der Waals surface area contributed by atoms with Crippen LogP contribution in [-0.4, -0.2) is 28.8 Å². The molecule has 2 aromatic carbocycles. The van der Waals surface area contributed by atoms with Crippen LogP contribution in [0.5, 0.6) is 0 Å².